The van der Waals surface area contributed by atoms with Crippen LogP contribution in [-0.2, 0) is 6.18 Å². The van der Waals surface area contributed by atoms with Gasteiger partial charge in [-0.25, -0.2) is 0 Å². The number of alkyl halides is 3. The molecule has 0 heterocycles. The number of amides is 1. The third-order valence-corrected chi connectivity index (χ3v) is 3.00. The van der Waals surface area contributed by atoms with Gasteiger partial charge in [-0.2, -0.15) is 13.2 Å². The average Bonchev–Trinajstić information content (AvgIpc) is 2.44. The molecule has 0 saturated carbocycles. The van der Waals surface area contributed by atoms with Crippen LogP contribution in [0.2, 0.25) is 0 Å². The predicted octanol–water partition coefficient (Wildman–Crippen LogP) is 3.25. The van der Waals surface area contributed by atoms with E-state index in [0.29, 0.717) is 13.1 Å². The smallest absolute Gasteiger partial charge is 0.339 e. The molecule has 0 aliphatic carbocycles. The summed E-state index contributed by atoms with van der Waals surface area (Å²) >= 11 is 0. The number of nitrogens with one attached hydrogen (secondary N) is 1. The highest BCUT2D eigenvalue weighted by Gasteiger charge is 2.34. The van der Waals surface area contributed by atoms with Crippen LogP contribution in [0.5, 0.6) is 0 Å². The van der Waals surface area contributed by atoms with Gasteiger partial charge in [0.25, 0.3) is 5.91 Å². The van der Waals surface area contributed by atoms with Gasteiger partial charge in [0.2, 0.25) is 0 Å². The predicted molar refractivity (Wildman–Crippen MR) is 75.7 cm³/mol. The first-order chi connectivity index (χ1) is 9.85. The second-order valence-electron chi connectivity index (χ2n) is 4.69. The Kier molecular flexibility index (Phi) is 6.02. The molecule has 3 N–H and O–H groups in total. The van der Waals surface area contributed by atoms with E-state index in [9.17, 15) is 18.0 Å². The highest BCUT2D eigenvalue weighted by atomic mass is 19.4. The second-order valence-corrected chi connectivity index (χ2v) is 4.69. The minimum Gasteiger partial charge on any atom is -0.339 e. The fourth-order valence-corrected chi connectivity index (χ4v) is 2.07. The molecule has 0 aliphatic rings. The van der Waals surface area contributed by atoms with Crippen molar-refractivity contribution >= 4 is 11.6 Å². The van der Waals surface area contributed by atoms with Crippen molar-refractivity contribution in [2.24, 2.45) is 5.84 Å². The van der Waals surface area contributed by atoms with Gasteiger partial charge in [0.05, 0.1) is 11.3 Å². The van der Waals surface area contributed by atoms with Gasteiger partial charge in [-0.3, -0.25) is 10.6 Å². The van der Waals surface area contributed by atoms with Crippen LogP contribution in [0, 0.1) is 0 Å². The Balaban J connectivity index is 3.15. The first-order valence-electron chi connectivity index (χ1n) is 6.82. The minimum absolute atomic E-state index is 0.0169. The molecule has 1 aromatic carbocycles. The quantitative estimate of drug-likeness (QED) is 0.626. The SMILES string of the molecule is CCCN(CCC)C(=O)c1ccc(NN)c(C(F)(F)F)c1. The summed E-state index contributed by atoms with van der Waals surface area (Å²) in [5.41, 5.74) is 0.826. The summed E-state index contributed by atoms with van der Waals surface area (Å²) in [4.78, 5) is 13.9. The number of carbonyl (C=O) groups excluding carboxylic acids is 1. The van der Waals surface area contributed by atoms with Crippen molar-refractivity contribution in [3.63, 3.8) is 0 Å². The number of nitrogens with two attached hydrogens (primary N) is 1. The summed E-state index contributed by atoms with van der Waals surface area (Å²) < 4.78 is 38.9. The van der Waals surface area contributed by atoms with Crippen molar-refractivity contribution in [1.29, 1.82) is 0 Å². The number of hydrogen-bond acceptors (Lipinski definition) is 3. The molecule has 118 valence electrons. The Labute approximate surface area is 122 Å². The number of anilines is 1. The molecule has 0 bridgehead atoms. The minimum atomic E-state index is -4.57. The van der Waals surface area contributed by atoms with Gasteiger partial charge in [0.1, 0.15) is 0 Å². The van der Waals surface area contributed by atoms with Crippen LogP contribution in [0.1, 0.15) is 42.6 Å². The maximum absolute atomic E-state index is 13.0. The van der Waals surface area contributed by atoms with Gasteiger partial charge in [-0.1, -0.05) is 13.8 Å². The second kappa shape index (κ2) is 7.31. The third kappa shape index (κ3) is 4.35. The van der Waals surface area contributed by atoms with Crippen LogP contribution in [0.4, 0.5) is 18.9 Å². The third-order valence-electron chi connectivity index (χ3n) is 3.00. The lowest BCUT2D eigenvalue weighted by Crippen LogP contribution is -2.32. The zero-order valence-corrected chi connectivity index (χ0v) is 12.1. The van der Waals surface area contributed by atoms with Crippen molar-refractivity contribution in [1.82, 2.24) is 4.90 Å². The van der Waals surface area contributed by atoms with Crippen LogP contribution in [0.3, 0.4) is 0 Å². The number of rotatable bonds is 6. The van der Waals surface area contributed by atoms with Gasteiger partial charge in [-0.15, -0.1) is 0 Å². The molecule has 0 atom stereocenters. The first-order valence-corrected chi connectivity index (χ1v) is 6.82. The molecule has 0 fully saturated rings. The van der Waals surface area contributed by atoms with E-state index in [0.717, 1.165) is 18.9 Å². The molecule has 1 amide bonds. The maximum Gasteiger partial charge on any atom is 0.418 e. The molecule has 0 aliphatic heterocycles. The largest absolute Gasteiger partial charge is 0.418 e. The molecule has 1 rings (SSSR count). The number of hydrazine groups is 1. The van der Waals surface area contributed by atoms with E-state index >= 15 is 0 Å². The van der Waals surface area contributed by atoms with Gasteiger partial charge in [0, 0.05) is 18.7 Å². The zero-order chi connectivity index (χ0) is 16.0. The highest BCUT2D eigenvalue weighted by Crippen LogP contribution is 2.35. The number of carbonyl (C=O) groups is 1. The van der Waals surface area contributed by atoms with E-state index in [1.807, 2.05) is 19.3 Å². The van der Waals surface area contributed by atoms with E-state index in [1.54, 1.807) is 4.90 Å². The molecule has 21 heavy (non-hydrogen) atoms. The first kappa shape index (κ1) is 17.3. The van der Waals surface area contributed by atoms with Gasteiger partial charge >= 0.3 is 6.18 Å². The lowest BCUT2D eigenvalue weighted by atomic mass is 10.1. The summed E-state index contributed by atoms with van der Waals surface area (Å²) in [6.45, 7) is 4.87. The summed E-state index contributed by atoms with van der Waals surface area (Å²) in [6, 6.07) is 3.37. The number of halogens is 3. The lowest BCUT2D eigenvalue weighted by molar-refractivity contribution is -0.137. The van der Waals surface area contributed by atoms with Gasteiger partial charge < -0.3 is 10.3 Å². The van der Waals surface area contributed by atoms with Crippen LogP contribution < -0.4 is 11.3 Å². The summed E-state index contributed by atoms with van der Waals surface area (Å²) in [7, 11) is 0. The van der Waals surface area contributed by atoms with Crippen molar-refractivity contribution in [3.8, 4) is 0 Å². The van der Waals surface area contributed by atoms with Gasteiger partial charge in [0.15, 0.2) is 0 Å². The van der Waals surface area contributed by atoms with E-state index in [-0.39, 0.29) is 11.3 Å². The van der Waals surface area contributed by atoms with Gasteiger partial charge in [-0.05, 0) is 31.0 Å². The summed E-state index contributed by atoms with van der Waals surface area (Å²) in [5, 5.41) is 0. The average molecular weight is 303 g/mol. The Morgan fingerprint density at radius 2 is 1.81 bits per heavy atom. The van der Waals surface area contributed by atoms with E-state index < -0.39 is 17.6 Å². The Morgan fingerprint density at radius 3 is 2.24 bits per heavy atom. The number of nitrogen functional groups attached to an aromatic ring is 1. The molecular formula is C14H20F3N3O. The Morgan fingerprint density at radius 1 is 1.24 bits per heavy atom. The fraction of sp³-hybridized carbons (Fsp3) is 0.500. The molecule has 0 radical (unpaired) electrons. The number of nitrogens with zero attached hydrogens (tertiary/aromatic N) is 1. The number of hydrogen-bond donors (Lipinski definition) is 2. The molecular weight excluding hydrogens is 283 g/mol. The molecule has 4 nitrogen and oxygen atoms in total. The Bertz CT molecular complexity index is 483. The maximum atomic E-state index is 13.0. The van der Waals surface area contributed by atoms with E-state index in [1.165, 1.54) is 12.1 Å². The van der Waals surface area contributed by atoms with E-state index in [2.05, 4.69) is 0 Å². The van der Waals surface area contributed by atoms with Crippen molar-refractivity contribution in [2.45, 2.75) is 32.9 Å². The lowest BCUT2D eigenvalue weighted by Gasteiger charge is -2.22. The molecule has 0 unspecified atom stereocenters. The highest BCUT2D eigenvalue weighted by molar-refractivity contribution is 5.95. The zero-order valence-electron chi connectivity index (χ0n) is 12.1. The van der Waals surface area contributed by atoms with Crippen LogP contribution in [0.25, 0.3) is 0 Å². The van der Waals surface area contributed by atoms with Crippen molar-refractivity contribution in [2.75, 3.05) is 18.5 Å². The summed E-state index contributed by atoms with van der Waals surface area (Å²) in [6.07, 6.45) is -3.07. The van der Waals surface area contributed by atoms with Crippen molar-refractivity contribution < 1.29 is 18.0 Å². The van der Waals surface area contributed by atoms with Crippen molar-refractivity contribution in [3.05, 3.63) is 29.3 Å². The number of benzene rings is 1. The molecule has 0 aromatic heterocycles. The van der Waals surface area contributed by atoms with E-state index in [4.69, 9.17) is 5.84 Å². The van der Waals surface area contributed by atoms with Crippen LogP contribution in [-0.4, -0.2) is 23.9 Å². The molecule has 0 saturated heterocycles. The topological polar surface area (TPSA) is 58.4 Å². The monoisotopic (exact) mass is 303 g/mol. The standard InChI is InChI=1S/C14H20F3N3O/c1-3-7-20(8-4-2)13(21)10-5-6-12(19-18)11(9-10)14(15,16)17/h5-6,9,19H,3-4,7-8,18H2,1-2H3. The molecule has 7 heteroatoms. The van der Waals surface area contributed by atoms with Crippen LogP contribution >= 0.6 is 0 Å². The Hall–Kier alpha value is -1.76. The molecule has 0 spiro atoms. The summed E-state index contributed by atoms with van der Waals surface area (Å²) in [5.74, 6) is 4.69. The molecule has 1 aromatic rings. The normalized spacial score (nSPS) is 11.3. The fourth-order valence-electron chi connectivity index (χ4n) is 2.07. The van der Waals surface area contributed by atoms with Crippen LogP contribution in [0.15, 0.2) is 18.2 Å².